The summed E-state index contributed by atoms with van der Waals surface area (Å²) >= 11 is 5.91. The Labute approximate surface area is 129 Å². The summed E-state index contributed by atoms with van der Waals surface area (Å²) in [5.74, 6) is -0.189. The fraction of sp³-hybridized carbons (Fsp3) is 0.467. The number of hydrogen-bond acceptors (Lipinski definition) is 3. The van der Waals surface area contributed by atoms with Gasteiger partial charge in [0.1, 0.15) is 5.54 Å². The minimum atomic E-state index is -0.773. The van der Waals surface area contributed by atoms with Crippen LogP contribution in [0.5, 0.6) is 0 Å². The second-order valence-electron chi connectivity index (χ2n) is 5.45. The van der Waals surface area contributed by atoms with Gasteiger partial charge in [0.2, 0.25) is 0 Å². The topological polar surface area (TPSA) is 87.7 Å². The summed E-state index contributed by atoms with van der Waals surface area (Å²) in [6, 6.07) is 6.73. The van der Waals surface area contributed by atoms with Gasteiger partial charge >= 0.3 is 0 Å². The van der Waals surface area contributed by atoms with Crippen LogP contribution in [0.4, 0.5) is 0 Å². The van der Waals surface area contributed by atoms with Crippen LogP contribution in [0.2, 0.25) is 5.02 Å². The molecule has 0 bridgehead atoms. The van der Waals surface area contributed by atoms with E-state index in [1.54, 1.807) is 24.3 Å². The normalized spacial score (nSPS) is 18.8. The monoisotopic (exact) mass is 309 g/mol. The Morgan fingerprint density at radius 3 is 2.52 bits per heavy atom. The van der Waals surface area contributed by atoms with Gasteiger partial charge in [-0.3, -0.25) is 4.79 Å². The SMILES string of the molecule is N/C(=N/O)C1(NC(=O)c2cccc(Cl)c2)CCCCCC1. The van der Waals surface area contributed by atoms with Crippen molar-refractivity contribution in [1.82, 2.24) is 5.32 Å². The molecule has 0 unspecified atom stereocenters. The highest BCUT2D eigenvalue weighted by Crippen LogP contribution is 2.28. The number of benzene rings is 1. The first-order valence-corrected chi connectivity index (χ1v) is 7.51. The van der Waals surface area contributed by atoms with Crippen LogP contribution in [0.1, 0.15) is 48.9 Å². The minimum Gasteiger partial charge on any atom is -0.409 e. The van der Waals surface area contributed by atoms with Crippen LogP contribution < -0.4 is 11.1 Å². The summed E-state index contributed by atoms with van der Waals surface area (Å²) < 4.78 is 0. The third-order valence-electron chi connectivity index (χ3n) is 3.99. The number of carbonyl (C=O) groups is 1. The molecule has 21 heavy (non-hydrogen) atoms. The van der Waals surface area contributed by atoms with E-state index in [1.807, 2.05) is 0 Å². The number of nitrogens with one attached hydrogen (secondary N) is 1. The summed E-state index contributed by atoms with van der Waals surface area (Å²) in [5.41, 5.74) is 5.56. The Morgan fingerprint density at radius 1 is 1.29 bits per heavy atom. The predicted molar refractivity (Wildman–Crippen MR) is 82.8 cm³/mol. The predicted octanol–water partition coefficient (Wildman–Crippen LogP) is 2.91. The molecule has 0 heterocycles. The number of nitrogens with zero attached hydrogens (tertiary/aromatic N) is 1. The van der Waals surface area contributed by atoms with Crippen molar-refractivity contribution in [2.45, 2.75) is 44.1 Å². The quantitative estimate of drug-likeness (QED) is 0.264. The zero-order valence-electron chi connectivity index (χ0n) is 11.8. The third-order valence-corrected chi connectivity index (χ3v) is 4.23. The molecule has 0 radical (unpaired) electrons. The van der Waals surface area contributed by atoms with Crippen LogP contribution in [0, 0.1) is 0 Å². The Balaban J connectivity index is 2.24. The molecule has 0 spiro atoms. The van der Waals surface area contributed by atoms with Crippen molar-refractivity contribution >= 4 is 23.3 Å². The molecule has 4 N–H and O–H groups in total. The smallest absolute Gasteiger partial charge is 0.252 e. The molecular formula is C15H20ClN3O2. The van der Waals surface area contributed by atoms with E-state index in [9.17, 15) is 4.79 Å². The number of hydrogen-bond donors (Lipinski definition) is 3. The number of oxime groups is 1. The van der Waals surface area contributed by atoms with Crippen molar-refractivity contribution in [1.29, 1.82) is 0 Å². The largest absolute Gasteiger partial charge is 0.409 e. The van der Waals surface area contributed by atoms with Crippen molar-refractivity contribution in [3.63, 3.8) is 0 Å². The summed E-state index contributed by atoms with van der Waals surface area (Å²) in [5, 5.41) is 15.7. The lowest BCUT2D eigenvalue weighted by molar-refractivity contribution is 0.0915. The van der Waals surface area contributed by atoms with Gasteiger partial charge in [-0.25, -0.2) is 0 Å². The standard InChI is InChI=1S/C15H20ClN3O2/c16-12-7-5-6-11(10-12)13(20)18-15(14(17)19-21)8-3-1-2-4-9-15/h5-7,10,21H,1-4,8-9H2,(H2,17,19)(H,18,20). The van der Waals surface area contributed by atoms with Crippen LogP contribution in [-0.4, -0.2) is 22.5 Å². The van der Waals surface area contributed by atoms with Crippen molar-refractivity contribution in [2.24, 2.45) is 10.9 Å². The average Bonchev–Trinajstić information content (AvgIpc) is 2.73. The molecule has 5 nitrogen and oxygen atoms in total. The lowest BCUT2D eigenvalue weighted by atomic mass is 9.88. The molecule has 1 saturated carbocycles. The van der Waals surface area contributed by atoms with E-state index in [1.165, 1.54) is 0 Å². The first-order chi connectivity index (χ1) is 10.1. The maximum absolute atomic E-state index is 12.4. The van der Waals surface area contributed by atoms with E-state index in [4.69, 9.17) is 22.5 Å². The van der Waals surface area contributed by atoms with Crippen LogP contribution in [0.3, 0.4) is 0 Å². The summed E-state index contributed by atoms with van der Waals surface area (Å²) in [6.07, 6.45) is 5.41. The van der Waals surface area contributed by atoms with Gasteiger partial charge in [0.15, 0.2) is 5.84 Å². The highest BCUT2D eigenvalue weighted by atomic mass is 35.5. The second kappa shape index (κ2) is 6.80. The lowest BCUT2D eigenvalue weighted by Gasteiger charge is -2.32. The highest BCUT2D eigenvalue weighted by molar-refractivity contribution is 6.31. The number of rotatable bonds is 3. The molecule has 1 aromatic rings. The van der Waals surface area contributed by atoms with Crippen molar-refractivity contribution in [3.05, 3.63) is 34.9 Å². The van der Waals surface area contributed by atoms with E-state index in [-0.39, 0.29) is 11.7 Å². The Kier molecular flexibility index (Phi) is 5.07. The second-order valence-corrected chi connectivity index (χ2v) is 5.88. The number of amidine groups is 1. The first kappa shape index (κ1) is 15.6. The molecular weight excluding hydrogens is 290 g/mol. The zero-order valence-corrected chi connectivity index (χ0v) is 12.6. The first-order valence-electron chi connectivity index (χ1n) is 7.13. The lowest BCUT2D eigenvalue weighted by Crippen LogP contribution is -2.57. The van der Waals surface area contributed by atoms with Crippen LogP contribution in [0.15, 0.2) is 29.4 Å². The van der Waals surface area contributed by atoms with Crippen molar-refractivity contribution < 1.29 is 10.0 Å². The maximum Gasteiger partial charge on any atom is 0.252 e. The van der Waals surface area contributed by atoms with Gasteiger partial charge in [-0.1, -0.05) is 48.5 Å². The molecule has 114 valence electrons. The zero-order chi connectivity index (χ0) is 15.3. The fourth-order valence-corrected chi connectivity index (χ4v) is 2.98. The number of carbonyl (C=O) groups excluding carboxylic acids is 1. The van der Waals surface area contributed by atoms with Gasteiger partial charge in [-0.15, -0.1) is 0 Å². The number of halogens is 1. The molecule has 0 aliphatic heterocycles. The van der Waals surface area contributed by atoms with E-state index in [0.29, 0.717) is 23.4 Å². The Hall–Kier alpha value is -1.75. The third kappa shape index (κ3) is 3.67. The van der Waals surface area contributed by atoms with Gasteiger partial charge in [-0.2, -0.15) is 0 Å². The van der Waals surface area contributed by atoms with Crippen molar-refractivity contribution in [2.75, 3.05) is 0 Å². The molecule has 0 atom stereocenters. The minimum absolute atomic E-state index is 0.0692. The van der Waals surface area contributed by atoms with E-state index in [2.05, 4.69) is 10.5 Å². The molecule has 6 heteroatoms. The number of amides is 1. The molecule has 0 aromatic heterocycles. The summed E-state index contributed by atoms with van der Waals surface area (Å²) in [6.45, 7) is 0. The average molecular weight is 310 g/mol. The van der Waals surface area contributed by atoms with Crippen LogP contribution >= 0.6 is 11.6 Å². The highest BCUT2D eigenvalue weighted by Gasteiger charge is 2.37. The maximum atomic E-state index is 12.4. The van der Waals surface area contributed by atoms with Crippen LogP contribution in [-0.2, 0) is 0 Å². The molecule has 1 aliphatic carbocycles. The number of nitrogens with two attached hydrogens (primary N) is 1. The molecule has 1 amide bonds. The van der Waals surface area contributed by atoms with Crippen LogP contribution in [0.25, 0.3) is 0 Å². The summed E-state index contributed by atoms with van der Waals surface area (Å²) in [7, 11) is 0. The van der Waals surface area contributed by atoms with E-state index < -0.39 is 5.54 Å². The molecule has 1 aromatic carbocycles. The Morgan fingerprint density at radius 2 is 1.95 bits per heavy atom. The van der Waals surface area contributed by atoms with Gasteiger partial charge in [-0.05, 0) is 31.0 Å². The van der Waals surface area contributed by atoms with E-state index >= 15 is 0 Å². The summed E-state index contributed by atoms with van der Waals surface area (Å²) in [4.78, 5) is 12.4. The van der Waals surface area contributed by atoms with Gasteiger partial charge in [0.05, 0.1) is 0 Å². The van der Waals surface area contributed by atoms with E-state index in [0.717, 1.165) is 25.7 Å². The van der Waals surface area contributed by atoms with Gasteiger partial charge in [0.25, 0.3) is 5.91 Å². The molecule has 1 aliphatic rings. The van der Waals surface area contributed by atoms with Gasteiger partial charge < -0.3 is 16.3 Å². The Bertz CT molecular complexity index is 537. The van der Waals surface area contributed by atoms with Gasteiger partial charge in [0, 0.05) is 10.6 Å². The van der Waals surface area contributed by atoms with Crippen molar-refractivity contribution in [3.8, 4) is 0 Å². The molecule has 1 fully saturated rings. The fourth-order valence-electron chi connectivity index (χ4n) is 2.79. The molecule has 2 rings (SSSR count). The molecule has 0 saturated heterocycles.